The van der Waals surface area contributed by atoms with E-state index in [1.165, 1.54) is 366 Å². The molecular formula is C74H147NO5. The van der Waals surface area contributed by atoms with E-state index in [0.29, 0.717) is 25.9 Å². The number of aliphatic hydroxyl groups excluding tert-OH is 2. The number of amides is 1. The second-order valence-corrected chi connectivity index (χ2v) is 26.0. The highest BCUT2D eigenvalue weighted by molar-refractivity contribution is 5.76. The fraction of sp³-hybridized carbons (Fsp3) is 0.973. The second-order valence-electron chi connectivity index (χ2n) is 26.0. The summed E-state index contributed by atoms with van der Waals surface area (Å²) in [5.74, 6) is -0.000837. The van der Waals surface area contributed by atoms with Crippen molar-refractivity contribution in [2.75, 3.05) is 13.2 Å². The Labute approximate surface area is 502 Å². The molecule has 478 valence electrons. The number of carbonyl (C=O) groups is 2. The molecule has 0 heterocycles. The summed E-state index contributed by atoms with van der Waals surface area (Å²) in [7, 11) is 0. The van der Waals surface area contributed by atoms with E-state index in [-0.39, 0.29) is 18.5 Å². The minimum absolute atomic E-state index is 0.0268. The van der Waals surface area contributed by atoms with Gasteiger partial charge in [0.1, 0.15) is 0 Å². The standard InChI is InChI=1S/C74H147NO5/c1-3-5-7-9-11-13-15-17-18-19-33-37-40-44-48-52-56-60-64-68-74(79)80-69-65-61-57-53-49-45-41-38-35-32-30-28-26-24-22-20-21-23-25-27-29-31-34-36-39-43-47-51-55-59-63-67-73(78)75-71(70-76)72(77)66-62-58-54-50-46-42-16-14-12-10-8-6-4-2/h71-72,76-77H,3-70H2,1-2H3,(H,75,78). The molecular weight excluding hydrogens is 983 g/mol. The third-order valence-electron chi connectivity index (χ3n) is 17.9. The molecule has 0 aromatic carbocycles. The first-order valence-electron chi connectivity index (χ1n) is 37.3. The SMILES string of the molecule is CCCCCCCCCCCCCCCCCCCCCC(=O)OCCCCCCCCCCCCCCCCCCCCCCCCCCCCCCCCCC(=O)NC(CO)C(O)CCCCCCCCCCCCCCC. The van der Waals surface area contributed by atoms with Gasteiger partial charge < -0.3 is 20.3 Å². The van der Waals surface area contributed by atoms with E-state index in [9.17, 15) is 19.8 Å². The monoisotopic (exact) mass is 1130 g/mol. The first kappa shape index (κ1) is 78.9. The maximum Gasteiger partial charge on any atom is 0.305 e. The van der Waals surface area contributed by atoms with E-state index in [4.69, 9.17) is 4.74 Å². The van der Waals surface area contributed by atoms with Crippen molar-refractivity contribution in [3.63, 3.8) is 0 Å². The van der Waals surface area contributed by atoms with Gasteiger partial charge in [0.05, 0.1) is 25.4 Å². The van der Waals surface area contributed by atoms with E-state index in [1.807, 2.05) is 0 Å². The lowest BCUT2D eigenvalue weighted by Gasteiger charge is -2.22. The molecule has 0 radical (unpaired) electrons. The molecule has 80 heavy (non-hydrogen) atoms. The molecule has 0 fully saturated rings. The first-order chi connectivity index (χ1) is 39.5. The van der Waals surface area contributed by atoms with Crippen LogP contribution in [0.1, 0.15) is 438 Å². The van der Waals surface area contributed by atoms with Crippen molar-refractivity contribution in [3.8, 4) is 0 Å². The Balaban J connectivity index is 3.28. The van der Waals surface area contributed by atoms with Crippen molar-refractivity contribution in [1.29, 1.82) is 0 Å². The summed E-state index contributed by atoms with van der Waals surface area (Å²) in [6, 6.07) is -0.536. The number of aliphatic hydroxyl groups is 2. The number of rotatable bonds is 71. The Hall–Kier alpha value is -1.14. The molecule has 0 saturated carbocycles. The van der Waals surface area contributed by atoms with Crippen LogP contribution in [0, 0.1) is 0 Å². The fourth-order valence-electron chi connectivity index (χ4n) is 12.2. The van der Waals surface area contributed by atoms with Crippen LogP contribution >= 0.6 is 0 Å². The maximum atomic E-state index is 12.5. The van der Waals surface area contributed by atoms with Crippen molar-refractivity contribution in [2.45, 2.75) is 450 Å². The van der Waals surface area contributed by atoms with E-state index < -0.39 is 12.1 Å². The lowest BCUT2D eigenvalue weighted by molar-refractivity contribution is -0.143. The summed E-state index contributed by atoms with van der Waals surface area (Å²) < 4.78 is 5.52. The molecule has 0 aliphatic carbocycles. The number of hydrogen-bond donors (Lipinski definition) is 3. The number of carbonyl (C=O) groups excluding carboxylic acids is 2. The predicted octanol–water partition coefficient (Wildman–Crippen LogP) is 24.2. The highest BCUT2D eigenvalue weighted by Gasteiger charge is 2.20. The molecule has 2 unspecified atom stereocenters. The van der Waals surface area contributed by atoms with E-state index in [0.717, 1.165) is 38.5 Å². The Morgan fingerprint density at radius 2 is 0.512 bits per heavy atom. The summed E-state index contributed by atoms with van der Waals surface area (Å²) in [6.07, 6.45) is 86.1. The van der Waals surface area contributed by atoms with Gasteiger partial charge in [-0.15, -0.1) is 0 Å². The van der Waals surface area contributed by atoms with Crippen molar-refractivity contribution < 1.29 is 24.5 Å². The third kappa shape index (κ3) is 66.0. The molecule has 0 aromatic heterocycles. The van der Waals surface area contributed by atoms with E-state index in [1.54, 1.807) is 0 Å². The maximum absolute atomic E-state index is 12.5. The topological polar surface area (TPSA) is 95.9 Å². The summed E-state index contributed by atoms with van der Waals surface area (Å²) in [4.78, 5) is 24.6. The van der Waals surface area contributed by atoms with Gasteiger partial charge in [-0.1, -0.05) is 399 Å². The normalized spacial score (nSPS) is 12.4. The molecule has 0 aliphatic heterocycles. The first-order valence-corrected chi connectivity index (χ1v) is 37.3. The van der Waals surface area contributed by atoms with Crippen LogP contribution in [0.25, 0.3) is 0 Å². The summed E-state index contributed by atoms with van der Waals surface area (Å²) in [6.45, 7) is 5.00. The molecule has 0 aromatic rings. The average Bonchev–Trinajstić information content (AvgIpc) is 3.46. The zero-order valence-corrected chi connectivity index (χ0v) is 54.9. The van der Waals surface area contributed by atoms with Crippen molar-refractivity contribution in [1.82, 2.24) is 5.32 Å². The number of hydrogen-bond acceptors (Lipinski definition) is 5. The van der Waals surface area contributed by atoms with Crippen LogP contribution in [0.2, 0.25) is 0 Å². The number of esters is 1. The number of unbranched alkanes of at least 4 members (excludes halogenated alkanes) is 60. The van der Waals surface area contributed by atoms with Gasteiger partial charge in [-0.2, -0.15) is 0 Å². The highest BCUT2D eigenvalue weighted by Crippen LogP contribution is 2.20. The summed E-state index contributed by atoms with van der Waals surface area (Å²) in [5.41, 5.74) is 0. The van der Waals surface area contributed by atoms with Crippen LogP contribution in [0.5, 0.6) is 0 Å². The van der Waals surface area contributed by atoms with Crippen molar-refractivity contribution >= 4 is 11.9 Å². The van der Waals surface area contributed by atoms with Gasteiger partial charge >= 0.3 is 5.97 Å². The zero-order valence-electron chi connectivity index (χ0n) is 54.9. The molecule has 0 aliphatic rings. The molecule has 6 nitrogen and oxygen atoms in total. The third-order valence-corrected chi connectivity index (χ3v) is 17.9. The summed E-state index contributed by atoms with van der Waals surface area (Å²) in [5, 5.41) is 23.3. The minimum atomic E-state index is -0.659. The molecule has 0 rings (SSSR count). The quantitative estimate of drug-likeness (QED) is 0.0417. The van der Waals surface area contributed by atoms with Gasteiger partial charge in [0.25, 0.3) is 0 Å². The Morgan fingerprint density at radius 3 is 0.762 bits per heavy atom. The predicted molar refractivity (Wildman–Crippen MR) is 352 cm³/mol. The molecule has 6 heteroatoms. The van der Waals surface area contributed by atoms with Crippen LogP contribution in [0.4, 0.5) is 0 Å². The lowest BCUT2D eigenvalue weighted by Crippen LogP contribution is -2.45. The molecule has 1 amide bonds. The van der Waals surface area contributed by atoms with Crippen LogP contribution in [0.15, 0.2) is 0 Å². The van der Waals surface area contributed by atoms with Crippen LogP contribution in [0.3, 0.4) is 0 Å². The zero-order chi connectivity index (χ0) is 57.8. The number of ether oxygens (including phenoxy) is 1. The van der Waals surface area contributed by atoms with Gasteiger partial charge in [0.15, 0.2) is 0 Å². The van der Waals surface area contributed by atoms with Gasteiger partial charge in [-0.3, -0.25) is 9.59 Å². The van der Waals surface area contributed by atoms with Crippen molar-refractivity contribution in [2.24, 2.45) is 0 Å². The minimum Gasteiger partial charge on any atom is -0.466 e. The summed E-state index contributed by atoms with van der Waals surface area (Å²) >= 11 is 0. The smallest absolute Gasteiger partial charge is 0.305 e. The largest absolute Gasteiger partial charge is 0.466 e. The fourth-order valence-corrected chi connectivity index (χ4v) is 12.2. The average molecular weight is 1130 g/mol. The van der Waals surface area contributed by atoms with Crippen LogP contribution in [-0.4, -0.2) is 47.4 Å². The highest BCUT2D eigenvalue weighted by atomic mass is 16.5. The van der Waals surface area contributed by atoms with Crippen molar-refractivity contribution in [3.05, 3.63) is 0 Å². The lowest BCUT2D eigenvalue weighted by atomic mass is 10.0. The van der Waals surface area contributed by atoms with Gasteiger partial charge in [0.2, 0.25) is 5.91 Å². The molecule has 0 spiro atoms. The van der Waals surface area contributed by atoms with Gasteiger partial charge in [0, 0.05) is 12.8 Å². The Kier molecular flexibility index (Phi) is 69.3. The van der Waals surface area contributed by atoms with Crippen LogP contribution < -0.4 is 5.32 Å². The molecule has 3 N–H and O–H groups in total. The molecule has 0 bridgehead atoms. The molecule has 2 atom stereocenters. The second kappa shape index (κ2) is 70.3. The van der Waals surface area contributed by atoms with Crippen LogP contribution in [-0.2, 0) is 14.3 Å². The Morgan fingerprint density at radius 1 is 0.300 bits per heavy atom. The van der Waals surface area contributed by atoms with Gasteiger partial charge in [-0.25, -0.2) is 0 Å². The van der Waals surface area contributed by atoms with Gasteiger partial charge in [-0.05, 0) is 25.7 Å². The van der Waals surface area contributed by atoms with E-state index in [2.05, 4.69) is 19.2 Å². The van der Waals surface area contributed by atoms with E-state index >= 15 is 0 Å². The number of nitrogens with one attached hydrogen (secondary N) is 1. The Bertz CT molecular complexity index is 1160. The molecule has 0 saturated heterocycles.